The summed E-state index contributed by atoms with van der Waals surface area (Å²) in [4.78, 5) is 12.2. The Labute approximate surface area is 78.2 Å². The van der Waals surface area contributed by atoms with Gasteiger partial charge in [0.15, 0.2) is 0 Å². The lowest BCUT2D eigenvalue weighted by atomic mass is 10.1. The molecule has 1 aromatic carbocycles. The summed E-state index contributed by atoms with van der Waals surface area (Å²) in [6.45, 7) is 2.59. The Bertz CT molecular complexity index is 310. The summed E-state index contributed by atoms with van der Waals surface area (Å²) in [7, 11) is 1.69. The Morgan fingerprint density at radius 1 is 1.54 bits per heavy atom. The van der Waals surface area contributed by atoms with Crippen molar-refractivity contribution in [3.8, 4) is 0 Å². The number of urea groups is 1. The van der Waals surface area contributed by atoms with E-state index in [1.807, 2.05) is 31.2 Å². The van der Waals surface area contributed by atoms with Crippen LogP contribution in [0.15, 0.2) is 24.3 Å². The van der Waals surface area contributed by atoms with Crippen molar-refractivity contribution in [3.05, 3.63) is 35.4 Å². The highest BCUT2D eigenvalue weighted by Crippen LogP contribution is 2.05. The van der Waals surface area contributed by atoms with Gasteiger partial charge in [-0.2, -0.15) is 0 Å². The molecule has 0 radical (unpaired) electrons. The van der Waals surface area contributed by atoms with E-state index in [0.29, 0.717) is 6.54 Å². The highest BCUT2D eigenvalue weighted by molar-refractivity contribution is 5.71. The van der Waals surface area contributed by atoms with Crippen molar-refractivity contribution in [2.24, 2.45) is 5.73 Å². The molecule has 0 saturated carbocycles. The van der Waals surface area contributed by atoms with Crippen LogP contribution in [0.1, 0.15) is 11.1 Å². The third kappa shape index (κ3) is 2.78. The van der Waals surface area contributed by atoms with Crippen molar-refractivity contribution >= 4 is 6.03 Å². The lowest BCUT2D eigenvalue weighted by Crippen LogP contribution is -2.31. The fourth-order valence-corrected chi connectivity index (χ4v) is 1.16. The normalized spacial score (nSPS) is 9.69. The minimum atomic E-state index is -0.401. The molecule has 70 valence electrons. The molecule has 0 aliphatic heterocycles. The van der Waals surface area contributed by atoms with Gasteiger partial charge >= 0.3 is 6.03 Å². The number of aryl methyl sites for hydroxylation is 1. The first-order valence-corrected chi connectivity index (χ1v) is 4.15. The van der Waals surface area contributed by atoms with Crippen LogP contribution in [0.25, 0.3) is 0 Å². The van der Waals surface area contributed by atoms with Crippen LogP contribution in [0.2, 0.25) is 0 Å². The Morgan fingerprint density at radius 3 is 2.77 bits per heavy atom. The summed E-state index contributed by atoms with van der Waals surface area (Å²) in [5.41, 5.74) is 7.40. The van der Waals surface area contributed by atoms with Crippen molar-refractivity contribution in [2.75, 3.05) is 7.05 Å². The molecule has 0 spiro atoms. The number of hydrogen-bond donors (Lipinski definition) is 1. The van der Waals surface area contributed by atoms with Crippen molar-refractivity contribution in [1.82, 2.24) is 4.90 Å². The monoisotopic (exact) mass is 178 g/mol. The summed E-state index contributed by atoms with van der Waals surface area (Å²) in [5, 5.41) is 0. The maximum Gasteiger partial charge on any atom is 0.314 e. The van der Waals surface area contributed by atoms with Gasteiger partial charge in [-0.1, -0.05) is 29.8 Å². The molecule has 0 aromatic heterocycles. The molecule has 0 heterocycles. The van der Waals surface area contributed by atoms with Crippen LogP contribution in [0.3, 0.4) is 0 Å². The van der Waals surface area contributed by atoms with E-state index in [0.717, 1.165) is 5.56 Å². The third-order valence-corrected chi connectivity index (χ3v) is 1.88. The van der Waals surface area contributed by atoms with E-state index in [1.165, 1.54) is 10.5 Å². The zero-order valence-electron chi connectivity index (χ0n) is 7.95. The highest BCUT2D eigenvalue weighted by atomic mass is 16.2. The van der Waals surface area contributed by atoms with Gasteiger partial charge in [0, 0.05) is 13.6 Å². The van der Waals surface area contributed by atoms with Crippen molar-refractivity contribution in [3.63, 3.8) is 0 Å². The summed E-state index contributed by atoms with van der Waals surface area (Å²) in [6, 6.07) is 7.61. The quantitative estimate of drug-likeness (QED) is 0.733. The molecule has 3 heteroatoms. The molecule has 1 rings (SSSR count). The standard InChI is InChI=1S/C10H14N2O/c1-8-4-3-5-9(6-8)7-12(2)10(11)13/h3-6H,7H2,1-2H3,(H2,11,13). The first-order valence-electron chi connectivity index (χ1n) is 4.15. The van der Waals surface area contributed by atoms with Crippen LogP contribution < -0.4 is 5.73 Å². The van der Waals surface area contributed by atoms with Gasteiger partial charge in [-0.05, 0) is 12.5 Å². The van der Waals surface area contributed by atoms with E-state index in [9.17, 15) is 4.79 Å². The van der Waals surface area contributed by atoms with Crippen LogP contribution in [0, 0.1) is 6.92 Å². The average molecular weight is 178 g/mol. The molecule has 0 fully saturated rings. The minimum absolute atomic E-state index is 0.401. The molecule has 3 nitrogen and oxygen atoms in total. The van der Waals surface area contributed by atoms with Gasteiger partial charge in [0.2, 0.25) is 0 Å². The fraction of sp³-hybridized carbons (Fsp3) is 0.300. The molecule has 2 N–H and O–H groups in total. The maximum atomic E-state index is 10.7. The summed E-state index contributed by atoms with van der Waals surface area (Å²) in [6.07, 6.45) is 0. The third-order valence-electron chi connectivity index (χ3n) is 1.88. The number of carbonyl (C=O) groups excluding carboxylic acids is 1. The molecular formula is C10H14N2O. The minimum Gasteiger partial charge on any atom is -0.351 e. The number of rotatable bonds is 2. The molecule has 0 atom stereocenters. The molecule has 13 heavy (non-hydrogen) atoms. The second-order valence-electron chi connectivity index (χ2n) is 3.18. The number of nitrogens with zero attached hydrogens (tertiary/aromatic N) is 1. The van der Waals surface area contributed by atoms with Crippen molar-refractivity contribution < 1.29 is 4.79 Å². The maximum absolute atomic E-state index is 10.7. The SMILES string of the molecule is Cc1cccc(CN(C)C(N)=O)c1. The molecule has 0 unspecified atom stereocenters. The Kier molecular flexibility index (Phi) is 2.90. The van der Waals surface area contributed by atoms with Crippen molar-refractivity contribution in [2.45, 2.75) is 13.5 Å². The van der Waals surface area contributed by atoms with Crippen LogP contribution in [0.5, 0.6) is 0 Å². The van der Waals surface area contributed by atoms with E-state index in [1.54, 1.807) is 7.05 Å². The van der Waals surface area contributed by atoms with E-state index in [2.05, 4.69) is 0 Å². The molecule has 0 aliphatic rings. The molecule has 0 bridgehead atoms. The van der Waals surface area contributed by atoms with E-state index in [4.69, 9.17) is 5.73 Å². The zero-order chi connectivity index (χ0) is 9.84. The molecule has 0 aliphatic carbocycles. The average Bonchev–Trinajstić information content (AvgIpc) is 2.04. The van der Waals surface area contributed by atoms with Gasteiger partial charge in [0.1, 0.15) is 0 Å². The number of nitrogens with two attached hydrogens (primary N) is 1. The zero-order valence-corrected chi connectivity index (χ0v) is 7.95. The lowest BCUT2D eigenvalue weighted by Gasteiger charge is -2.14. The van der Waals surface area contributed by atoms with E-state index < -0.39 is 6.03 Å². The predicted octanol–water partition coefficient (Wildman–Crippen LogP) is 1.51. The molecule has 0 saturated heterocycles. The van der Waals surface area contributed by atoms with Crippen LogP contribution in [-0.4, -0.2) is 18.0 Å². The Balaban J connectivity index is 2.69. The van der Waals surface area contributed by atoms with Gasteiger partial charge in [-0.25, -0.2) is 4.79 Å². The number of benzene rings is 1. The Hall–Kier alpha value is -1.51. The second-order valence-corrected chi connectivity index (χ2v) is 3.18. The van der Waals surface area contributed by atoms with Gasteiger partial charge in [0.25, 0.3) is 0 Å². The van der Waals surface area contributed by atoms with Gasteiger partial charge in [-0.15, -0.1) is 0 Å². The van der Waals surface area contributed by atoms with E-state index in [-0.39, 0.29) is 0 Å². The summed E-state index contributed by atoms with van der Waals surface area (Å²) in [5.74, 6) is 0. The largest absolute Gasteiger partial charge is 0.351 e. The lowest BCUT2D eigenvalue weighted by molar-refractivity contribution is 0.216. The highest BCUT2D eigenvalue weighted by Gasteiger charge is 2.03. The molecular weight excluding hydrogens is 164 g/mol. The van der Waals surface area contributed by atoms with Gasteiger partial charge < -0.3 is 10.6 Å². The summed E-state index contributed by atoms with van der Waals surface area (Å²) >= 11 is 0. The molecule has 2 amide bonds. The Morgan fingerprint density at radius 2 is 2.23 bits per heavy atom. The van der Waals surface area contributed by atoms with Crippen LogP contribution in [0.4, 0.5) is 4.79 Å². The van der Waals surface area contributed by atoms with Gasteiger partial charge in [-0.3, -0.25) is 0 Å². The number of carbonyl (C=O) groups is 1. The first kappa shape index (κ1) is 9.58. The van der Waals surface area contributed by atoms with Crippen molar-refractivity contribution in [1.29, 1.82) is 0 Å². The molecule has 1 aromatic rings. The fourth-order valence-electron chi connectivity index (χ4n) is 1.16. The second kappa shape index (κ2) is 3.94. The number of primary amides is 1. The van der Waals surface area contributed by atoms with Gasteiger partial charge in [0.05, 0.1) is 0 Å². The van der Waals surface area contributed by atoms with Crippen LogP contribution >= 0.6 is 0 Å². The topological polar surface area (TPSA) is 46.3 Å². The van der Waals surface area contributed by atoms with E-state index >= 15 is 0 Å². The first-order chi connectivity index (χ1) is 6.09. The smallest absolute Gasteiger partial charge is 0.314 e. The van der Waals surface area contributed by atoms with Crippen LogP contribution in [-0.2, 0) is 6.54 Å². The number of hydrogen-bond acceptors (Lipinski definition) is 1. The summed E-state index contributed by atoms with van der Waals surface area (Å²) < 4.78 is 0. The number of amides is 2. The predicted molar refractivity (Wildman–Crippen MR) is 52.2 cm³/mol.